The van der Waals surface area contributed by atoms with E-state index in [1.54, 1.807) is 0 Å². The number of rotatable bonds is 4. The maximum atomic E-state index is 12.4. The van der Waals surface area contributed by atoms with Crippen LogP contribution in [0.4, 0.5) is 0 Å². The van der Waals surface area contributed by atoms with Crippen LogP contribution in [0, 0.1) is 11.3 Å². The highest BCUT2D eigenvalue weighted by Gasteiger charge is 2.58. The summed E-state index contributed by atoms with van der Waals surface area (Å²) in [6.45, 7) is 2.05. The third-order valence-electron chi connectivity index (χ3n) is 5.32. The van der Waals surface area contributed by atoms with Gasteiger partial charge in [-0.1, -0.05) is 0 Å². The van der Waals surface area contributed by atoms with Gasteiger partial charge in [0.2, 0.25) is 11.8 Å². The van der Waals surface area contributed by atoms with Crippen molar-refractivity contribution in [3.63, 3.8) is 0 Å². The summed E-state index contributed by atoms with van der Waals surface area (Å²) in [5, 5.41) is 6.48. The second kappa shape index (κ2) is 4.47. The molecule has 4 N–H and O–H groups in total. The molecule has 2 amide bonds. The SMILES string of the molecule is NC(=O)CC1(NC(=O)C2CC23CCNCC3)CCC1. The first-order valence-electron chi connectivity index (χ1n) is 7.36. The van der Waals surface area contributed by atoms with Crippen molar-refractivity contribution >= 4 is 11.8 Å². The van der Waals surface area contributed by atoms with E-state index in [1.807, 2.05) is 0 Å². The summed E-state index contributed by atoms with van der Waals surface area (Å²) in [7, 11) is 0. The standard InChI is InChI=1S/C14H23N3O2/c15-11(18)9-14(2-1-3-14)17-12(19)10-8-13(10)4-6-16-7-5-13/h10,16H,1-9H2,(H2,15,18)(H,17,19). The number of nitrogens with two attached hydrogens (primary N) is 1. The molecule has 3 aliphatic rings. The first-order chi connectivity index (χ1) is 9.05. The van der Waals surface area contributed by atoms with Gasteiger partial charge in [-0.3, -0.25) is 9.59 Å². The molecule has 0 aromatic carbocycles. The lowest BCUT2D eigenvalue weighted by Gasteiger charge is -2.42. The zero-order valence-corrected chi connectivity index (χ0v) is 11.3. The fourth-order valence-electron chi connectivity index (χ4n) is 3.83. The molecule has 1 atom stereocenters. The van der Waals surface area contributed by atoms with Gasteiger partial charge in [0.1, 0.15) is 0 Å². The molecule has 3 fully saturated rings. The quantitative estimate of drug-likeness (QED) is 0.683. The van der Waals surface area contributed by atoms with Crippen LogP contribution in [0.2, 0.25) is 0 Å². The van der Waals surface area contributed by atoms with Crippen LogP contribution in [0.3, 0.4) is 0 Å². The van der Waals surface area contributed by atoms with Crippen LogP contribution in [-0.4, -0.2) is 30.4 Å². The minimum atomic E-state index is -0.320. The van der Waals surface area contributed by atoms with Gasteiger partial charge < -0.3 is 16.4 Å². The molecule has 5 nitrogen and oxygen atoms in total. The van der Waals surface area contributed by atoms with E-state index < -0.39 is 0 Å². The summed E-state index contributed by atoms with van der Waals surface area (Å²) in [6, 6.07) is 0. The Labute approximate surface area is 113 Å². The maximum absolute atomic E-state index is 12.4. The molecule has 106 valence electrons. The Balaban J connectivity index is 1.58. The Morgan fingerprint density at radius 3 is 2.42 bits per heavy atom. The largest absolute Gasteiger partial charge is 0.370 e. The normalized spacial score (nSPS) is 30.4. The van der Waals surface area contributed by atoms with Crippen LogP contribution in [0.25, 0.3) is 0 Å². The summed E-state index contributed by atoms with van der Waals surface area (Å²) < 4.78 is 0. The average molecular weight is 265 g/mol. The predicted octanol–water partition coefficient (Wildman–Crippen LogP) is 0.290. The molecule has 19 heavy (non-hydrogen) atoms. The van der Waals surface area contributed by atoms with E-state index in [9.17, 15) is 9.59 Å². The molecular weight excluding hydrogens is 242 g/mol. The average Bonchev–Trinajstić information content (AvgIpc) is 3.00. The molecule has 0 aromatic heterocycles. The van der Waals surface area contributed by atoms with Crippen molar-refractivity contribution in [1.29, 1.82) is 0 Å². The zero-order valence-electron chi connectivity index (χ0n) is 11.3. The van der Waals surface area contributed by atoms with Crippen LogP contribution in [-0.2, 0) is 9.59 Å². The fraction of sp³-hybridized carbons (Fsp3) is 0.857. The van der Waals surface area contributed by atoms with E-state index in [2.05, 4.69) is 10.6 Å². The highest BCUT2D eigenvalue weighted by Crippen LogP contribution is 2.58. The van der Waals surface area contributed by atoms with Crippen molar-refractivity contribution in [3.05, 3.63) is 0 Å². The Morgan fingerprint density at radius 1 is 1.21 bits per heavy atom. The lowest BCUT2D eigenvalue weighted by atomic mass is 9.74. The van der Waals surface area contributed by atoms with Gasteiger partial charge in [0, 0.05) is 17.9 Å². The topological polar surface area (TPSA) is 84.2 Å². The van der Waals surface area contributed by atoms with Crippen LogP contribution in [0.1, 0.15) is 44.9 Å². The molecule has 0 aromatic rings. The first kappa shape index (κ1) is 12.9. The molecule has 5 heteroatoms. The number of hydrogen-bond donors (Lipinski definition) is 3. The van der Waals surface area contributed by atoms with Crippen molar-refractivity contribution in [2.24, 2.45) is 17.1 Å². The second-order valence-corrected chi connectivity index (χ2v) is 6.64. The Kier molecular flexibility index (Phi) is 3.04. The van der Waals surface area contributed by atoms with Gasteiger partial charge in [0.05, 0.1) is 0 Å². The van der Waals surface area contributed by atoms with Crippen molar-refractivity contribution in [3.8, 4) is 0 Å². The second-order valence-electron chi connectivity index (χ2n) is 6.64. The maximum Gasteiger partial charge on any atom is 0.224 e. The van der Waals surface area contributed by atoms with Gasteiger partial charge in [0.25, 0.3) is 0 Å². The Hall–Kier alpha value is -1.10. The molecule has 1 aliphatic heterocycles. The van der Waals surface area contributed by atoms with E-state index >= 15 is 0 Å². The summed E-state index contributed by atoms with van der Waals surface area (Å²) in [5.74, 6) is 0.00942. The lowest BCUT2D eigenvalue weighted by molar-refractivity contribution is -0.128. The van der Waals surface area contributed by atoms with Crippen molar-refractivity contribution in [2.45, 2.75) is 50.5 Å². The summed E-state index contributed by atoms with van der Waals surface area (Å²) in [6.07, 6.45) is 6.38. The van der Waals surface area contributed by atoms with E-state index in [4.69, 9.17) is 5.73 Å². The number of hydrogen-bond acceptors (Lipinski definition) is 3. The number of carbonyl (C=O) groups is 2. The summed E-state index contributed by atoms with van der Waals surface area (Å²) >= 11 is 0. The third kappa shape index (κ3) is 2.36. The highest BCUT2D eigenvalue weighted by molar-refractivity contribution is 5.84. The van der Waals surface area contributed by atoms with Crippen LogP contribution in [0.5, 0.6) is 0 Å². The number of nitrogens with one attached hydrogen (secondary N) is 2. The van der Waals surface area contributed by atoms with E-state index in [-0.39, 0.29) is 28.7 Å². The molecule has 1 heterocycles. The molecular formula is C14H23N3O2. The molecule has 2 saturated carbocycles. The molecule has 1 saturated heterocycles. The number of primary amides is 1. The zero-order chi connectivity index (χ0) is 13.5. The molecule has 0 radical (unpaired) electrons. The number of carbonyl (C=O) groups excluding carboxylic acids is 2. The summed E-state index contributed by atoms with van der Waals surface area (Å²) in [5.41, 5.74) is 5.23. The first-order valence-corrected chi connectivity index (χ1v) is 7.36. The lowest BCUT2D eigenvalue weighted by Crippen LogP contribution is -2.56. The van der Waals surface area contributed by atoms with E-state index in [0.717, 1.165) is 51.6 Å². The van der Waals surface area contributed by atoms with E-state index in [0.29, 0.717) is 6.42 Å². The number of piperidine rings is 1. The third-order valence-corrected chi connectivity index (χ3v) is 5.32. The summed E-state index contributed by atoms with van der Waals surface area (Å²) in [4.78, 5) is 23.5. The van der Waals surface area contributed by atoms with Gasteiger partial charge in [-0.05, 0) is 57.0 Å². The van der Waals surface area contributed by atoms with Crippen molar-refractivity contribution in [1.82, 2.24) is 10.6 Å². The highest BCUT2D eigenvalue weighted by atomic mass is 16.2. The van der Waals surface area contributed by atoms with Crippen LogP contribution < -0.4 is 16.4 Å². The molecule has 1 spiro atoms. The minimum Gasteiger partial charge on any atom is -0.370 e. The van der Waals surface area contributed by atoms with Gasteiger partial charge in [-0.25, -0.2) is 0 Å². The van der Waals surface area contributed by atoms with Crippen LogP contribution >= 0.6 is 0 Å². The molecule has 3 rings (SSSR count). The minimum absolute atomic E-state index is 0.155. The Morgan fingerprint density at radius 2 is 1.89 bits per heavy atom. The molecule has 2 aliphatic carbocycles. The van der Waals surface area contributed by atoms with Crippen molar-refractivity contribution < 1.29 is 9.59 Å². The molecule has 0 bridgehead atoms. The number of amides is 2. The van der Waals surface area contributed by atoms with Gasteiger partial charge in [0.15, 0.2) is 0 Å². The Bertz CT molecular complexity index is 397. The van der Waals surface area contributed by atoms with Gasteiger partial charge in [-0.15, -0.1) is 0 Å². The van der Waals surface area contributed by atoms with Gasteiger partial charge in [-0.2, -0.15) is 0 Å². The monoisotopic (exact) mass is 265 g/mol. The molecule has 1 unspecified atom stereocenters. The smallest absolute Gasteiger partial charge is 0.224 e. The van der Waals surface area contributed by atoms with Crippen LogP contribution in [0.15, 0.2) is 0 Å². The van der Waals surface area contributed by atoms with Crippen molar-refractivity contribution in [2.75, 3.05) is 13.1 Å². The van der Waals surface area contributed by atoms with Gasteiger partial charge >= 0.3 is 0 Å². The van der Waals surface area contributed by atoms with E-state index in [1.165, 1.54) is 0 Å². The fourth-order valence-corrected chi connectivity index (χ4v) is 3.83. The predicted molar refractivity (Wildman–Crippen MR) is 71.2 cm³/mol.